The van der Waals surface area contributed by atoms with Crippen molar-refractivity contribution in [2.75, 3.05) is 20.2 Å². The van der Waals surface area contributed by atoms with Crippen molar-refractivity contribution in [2.24, 2.45) is 0 Å². The number of nitrogens with zero attached hydrogens (tertiary/aromatic N) is 3. The lowest BCUT2D eigenvalue weighted by Gasteiger charge is -2.24. The van der Waals surface area contributed by atoms with Gasteiger partial charge in [0, 0.05) is 44.0 Å². The highest BCUT2D eigenvalue weighted by Crippen LogP contribution is 2.33. The smallest absolute Gasteiger partial charge is 0.123 e. The van der Waals surface area contributed by atoms with E-state index in [2.05, 4.69) is 33.5 Å². The van der Waals surface area contributed by atoms with Gasteiger partial charge < -0.3 is 14.4 Å². The minimum Gasteiger partial charge on any atom is -0.496 e. The fourth-order valence-corrected chi connectivity index (χ4v) is 4.28. The van der Waals surface area contributed by atoms with Gasteiger partial charge in [-0.15, -0.1) is 0 Å². The Morgan fingerprint density at radius 2 is 1.97 bits per heavy atom. The minimum atomic E-state index is -0.761. The summed E-state index contributed by atoms with van der Waals surface area (Å²) < 4.78 is 7.77. The predicted octanol–water partition coefficient (Wildman–Crippen LogP) is 3.60. The summed E-state index contributed by atoms with van der Waals surface area (Å²) >= 11 is 0. The van der Waals surface area contributed by atoms with Gasteiger partial charge in [0.15, 0.2) is 0 Å². The van der Waals surface area contributed by atoms with Crippen molar-refractivity contribution in [3.05, 3.63) is 83.4 Å². The van der Waals surface area contributed by atoms with Crippen molar-refractivity contribution in [2.45, 2.75) is 38.5 Å². The molecule has 3 aromatic rings. The molecule has 4 rings (SSSR count). The minimum absolute atomic E-state index is 0.653. The van der Waals surface area contributed by atoms with E-state index in [0.717, 1.165) is 55.2 Å². The zero-order valence-corrected chi connectivity index (χ0v) is 17.2. The number of β-amino-alcohol motifs (C(OH)–C–C–N with tert-alkyl or cyclic N) is 1. The number of aromatic nitrogens is 2. The third-order valence-corrected chi connectivity index (χ3v) is 5.85. The Morgan fingerprint density at radius 1 is 1.14 bits per heavy atom. The van der Waals surface area contributed by atoms with E-state index in [4.69, 9.17) is 4.74 Å². The molecule has 1 atom stereocenters. The van der Waals surface area contributed by atoms with Crippen molar-refractivity contribution in [3.63, 3.8) is 0 Å². The average molecular weight is 392 g/mol. The molecule has 0 saturated carbocycles. The second-order valence-corrected chi connectivity index (χ2v) is 7.83. The molecule has 152 valence electrons. The molecule has 1 aromatic heterocycles. The van der Waals surface area contributed by atoms with Crippen LogP contribution in [0.15, 0.2) is 60.9 Å². The molecule has 1 saturated heterocycles. The van der Waals surface area contributed by atoms with E-state index in [1.807, 2.05) is 48.8 Å². The number of methoxy groups -OCH3 is 1. The summed E-state index contributed by atoms with van der Waals surface area (Å²) in [7, 11) is 1.72. The first kappa shape index (κ1) is 19.7. The van der Waals surface area contributed by atoms with Gasteiger partial charge in [-0.2, -0.15) is 0 Å². The van der Waals surface area contributed by atoms with Crippen molar-refractivity contribution < 1.29 is 9.84 Å². The van der Waals surface area contributed by atoms with Gasteiger partial charge in [0.1, 0.15) is 17.2 Å². The maximum Gasteiger partial charge on any atom is 0.123 e. The highest BCUT2D eigenvalue weighted by atomic mass is 16.5. The van der Waals surface area contributed by atoms with E-state index >= 15 is 0 Å². The summed E-state index contributed by atoms with van der Waals surface area (Å²) in [6, 6.07) is 16.4. The second kappa shape index (κ2) is 8.39. The van der Waals surface area contributed by atoms with Crippen LogP contribution in [0.25, 0.3) is 0 Å². The molecule has 1 N–H and O–H groups in total. The summed E-state index contributed by atoms with van der Waals surface area (Å²) in [6.45, 7) is 5.22. The summed E-state index contributed by atoms with van der Waals surface area (Å²) in [5, 5.41) is 11.1. The number of aryl methyl sites for hydroxylation is 1. The van der Waals surface area contributed by atoms with Gasteiger partial charge >= 0.3 is 0 Å². The highest BCUT2D eigenvalue weighted by molar-refractivity contribution is 5.38. The van der Waals surface area contributed by atoms with E-state index in [1.54, 1.807) is 7.11 Å². The quantitative estimate of drug-likeness (QED) is 0.669. The largest absolute Gasteiger partial charge is 0.496 e. The fraction of sp³-hybridized carbons (Fsp3) is 0.375. The maximum absolute atomic E-state index is 11.1. The Balaban J connectivity index is 1.50. The van der Waals surface area contributed by atoms with Gasteiger partial charge in [0.25, 0.3) is 0 Å². The lowest BCUT2D eigenvalue weighted by atomic mass is 9.93. The Bertz CT molecular complexity index is 954. The Labute approximate surface area is 172 Å². The van der Waals surface area contributed by atoms with E-state index in [-0.39, 0.29) is 0 Å². The summed E-state index contributed by atoms with van der Waals surface area (Å²) in [5.74, 6) is 1.97. The van der Waals surface area contributed by atoms with Crippen LogP contribution in [-0.2, 0) is 25.1 Å². The summed E-state index contributed by atoms with van der Waals surface area (Å²) in [6.07, 6.45) is 5.53. The van der Waals surface area contributed by atoms with Crippen LogP contribution >= 0.6 is 0 Å². The van der Waals surface area contributed by atoms with Crippen LogP contribution in [0.4, 0.5) is 0 Å². The number of benzene rings is 2. The SMILES string of the molecule is CCc1nccn1Cc1cc(CN2CCC(O)(c3ccccc3)C2)ccc1OC. The van der Waals surface area contributed by atoms with Crippen LogP contribution in [0, 0.1) is 0 Å². The molecule has 5 nitrogen and oxygen atoms in total. The number of hydrogen-bond acceptors (Lipinski definition) is 4. The van der Waals surface area contributed by atoms with Gasteiger partial charge in [-0.25, -0.2) is 4.98 Å². The van der Waals surface area contributed by atoms with Crippen molar-refractivity contribution >= 4 is 0 Å². The van der Waals surface area contributed by atoms with Gasteiger partial charge in [0.2, 0.25) is 0 Å². The van der Waals surface area contributed by atoms with Crippen LogP contribution in [0.1, 0.15) is 35.9 Å². The fourth-order valence-electron chi connectivity index (χ4n) is 4.28. The van der Waals surface area contributed by atoms with Crippen LogP contribution in [-0.4, -0.2) is 39.8 Å². The first-order chi connectivity index (χ1) is 14.1. The number of likely N-dealkylation sites (tertiary alicyclic amines) is 1. The van der Waals surface area contributed by atoms with E-state index in [0.29, 0.717) is 6.54 Å². The molecule has 1 aliphatic heterocycles. The molecular formula is C24H29N3O2. The Kier molecular flexibility index (Phi) is 5.69. The predicted molar refractivity (Wildman–Crippen MR) is 114 cm³/mol. The van der Waals surface area contributed by atoms with Crippen molar-refractivity contribution in [3.8, 4) is 5.75 Å². The van der Waals surface area contributed by atoms with Crippen LogP contribution in [0.2, 0.25) is 0 Å². The van der Waals surface area contributed by atoms with Gasteiger partial charge in [-0.1, -0.05) is 43.3 Å². The molecule has 0 bridgehead atoms. The van der Waals surface area contributed by atoms with E-state index < -0.39 is 5.60 Å². The Hall–Kier alpha value is -2.63. The lowest BCUT2D eigenvalue weighted by Crippen LogP contribution is -2.30. The van der Waals surface area contributed by atoms with Crippen molar-refractivity contribution in [1.29, 1.82) is 0 Å². The number of aliphatic hydroxyl groups is 1. The molecule has 0 radical (unpaired) electrons. The number of hydrogen-bond donors (Lipinski definition) is 1. The van der Waals surface area contributed by atoms with Gasteiger partial charge in [-0.05, 0) is 29.7 Å². The first-order valence-corrected chi connectivity index (χ1v) is 10.3. The van der Waals surface area contributed by atoms with Gasteiger partial charge in [-0.3, -0.25) is 4.90 Å². The molecule has 1 aliphatic rings. The second-order valence-electron chi connectivity index (χ2n) is 7.83. The van der Waals surface area contributed by atoms with Crippen LogP contribution < -0.4 is 4.74 Å². The van der Waals surface area contributed by atoms with E-state index in [9.17, 15) is 5.11 Å². The normalized spacial score (nSPS) is 19.6. The lowest BCUT2D eigenvalue weighted by molar-refractivity contribution is 0.0453. The molecule has 29 heavy (non-hydrogen) atoms. The maximum atomic E-state index is 11.1. The topological polar surface area (TPSA) is 50.5 Å². The third-order valence-electron chi connectivity index (χ3n) is 5.85. The Morgan fingerprint density at radius 3 is 2.72 bits per heavy atom. The standard InChI is InChI=1S/C24H29N3O2/c1-3-23-25-12-14-27(23)17-20-15-19(9-10-22(20)29-2)16-26-13-11-24(28,18-26)21-7-5-4-6-8-21/h4-10,12,14-15,28H,3,11,13,16-18H2,1-2H3. The molecule has 1 unspecified atom stereocenters. The van der Waals surface area contributed by atoms with E-state index in [1.165, 1.54) is 5.56 Å². The number of ether oxygens (including phenoxy) is 1. The molecule has 0 spiro atoms. The van der Waals surface area contributed by atoms with Crippen LogP contribution in [0.5, 0.6) is 5.75 Å². The number of rotatable bonds is 7. The molecule has 1 fully saturated rings. The zero-order valence-electron chi connectivity index (χ0n) is 17.2. The monoisotopic (exact) mass is 391 g/mol. The summed E-state index contributed by atoms with van der Waals surface area (Å²) in [5.41, 5.74) is 2.63. The van der Waals surface area contributed by atoms with Crippen molar-refractivity contribution in [1.82, 2.24) is 14.5 Å². The molecule has 0 aliphatic carbocycles. The molecule has 2 heterocycles. The zero-order chi connectivity index (χ0) is 20.3. The number of imidazole rings is 1. The molecule has 2 aromatic carbocycles. The molecule has 5 heteroatoms. The highest BCUT2D eigenvalue weighted by Gasteiger charge is 2.37. The van der Waals surface area contributed by atoms with Crippen LogP contribution in [0.3, 0.4) is 0 Å². The molecule has 0 amide bonds. The first-order valence-electron chi connectivity index (χ1n) is 10.3. The third kappa shape index (κ3) is 4.21. The average Bonchev–Trinajstić information content (AvgIpc) is 3.36. The summed E-state index contributed by atoms with van der Waals surface area (Å²) in [4.78, 5) is 6.75. The molecular weight excluding hydrogens is 362 g/mol. The van der Waals surface area contributed by atoms with Gasteiger partial charge in [0.05, 0.1) is 13.7 Å².